The zero-order valence-electron chi connectivity index (χ0n) is 14.3. The Balaban J connectivity index is 1.81. The lowest BCUT2D eigenvalue weighted by Gasteiger charge is -2.31. The van der Waals surface area contributed by atoms with Crippen molar-refractivity contribution in [3.05, 3.63) is 41.6 Å². The van der Waals surface area contributed by atoms with Gasteiger partial charge in [-0.3, -0.25) is 0 Å². The summed E-state index contributed by atoms with van der Waals surface area (Å²) in [4.78, 5) is 11.0. The van der Waals surface area contributed by atoms with Gasteiger partial charge in [0.05, 0.1) is 5.56 Å². The number of benzene rings is 1. The van der Waals surface area contributed by atoms with Crippen LogP contribution in [0.1, 0.15) is 31.0 Å². The summed E-state index contributed by atoms with van der Waals surface area (Å²) in [5.74, 6) is 1.84. The predicted octanol–water partition coefficient (Wildman–Crippen LogP) is 4.78. The molecule has 2 heterocycles. The lowest BCUT2D eigenvalue weighted by molar-refractivity contribution is -0.137. The molecule has 1 aliphatic heterocycles. The van der Waals surface area contributed by atoms with Crippen molar-refractivity contribution in [1.29, 1.82) is 0 Å². The van der Waals surface area contributed by atoms with Crippen molar-refractivity contribution < 1.29 is 13.2 Å². The summed E-state index contributed by atoms with van der Waals surface area (Å²) < 4.78 is 38.5. The van der Waals surface area contributed by atoms with E-state index in [-0.39, 0.29) is 0 Å². The minimum Gasteiger partial charge on any atom is -0.356 e. The molecule has 134 valence electrons. The normalized spacial score (nSPS) is 16.1. The van der Waals surface area contributed by atoms with Gasteiger partial charge in [0, 0.05) is 30.5 Å². The first-order chi connectivity index (χ1) is 11.8. The maximum absolute atomic E-state index is 12.8. The Labute approximate surface area is 145 Å². The number of halogens is 3. The molecule has 0 aliphatic carbocycles. The quantitative estimate of drug-likeness (QED) is 0.865. The minimum atomic E-state index is -4.37. The van der Waals surface area contributed by atoms with E-state index in [1.807, 2.05) is 13.0 Å². The van der Waals surface area contributed by atoms with Crippen molar-refractivity contribution in [2.24, 2.45) is 5.92 Å². The summed E-state index contributed by atoms with van der Waals surface area (Å²) in [5.41, 5.74) is 0.395. The third kappa shape index (κ3) is 4.41. The van der Waals surface area contributed by atoms with Gasteiger partial charge in [-0.05, 0) is 43.9 Å². The van der Waals surface area contributed by atoms with Crippen molar-refractivity contribution in [3.8, 4) is 0 Å². The van der Waals surface area contributed by atoms with Crippen LogP contribution in [0.3, 0.4) is 0 Å². The standard InChI is InChI=1S/C18H21F3N4/c1-12-6-8-25(9-7-12)16-10-13(2)22-17(24-16)23-15-5-3-4-14(11-15)18(19,20)21/h3-5,10-12H,6-9H2,1-2H3,(H,22,23,24). The highest BCUT2D eigenvalue weighted by Crippen LogP contribution is 2.31. The highest BCUT2D eigenvalue weighted by Gasteiger charge is 2.30. The Bertz CT molecular complexity index is 737. The molecule has 1 aromatic carbocycles. The Morgan fingerprint density at radius 3 is 2.52 bits per heavy atom. The summed E-state index contributed by atoms with van der Waals surface area (Å²) in [5, 5.41) is 2.90. The van der Waals surface area contributed by atoms with Gasteiger partial charge < -0.3 is 10.2 Å². The van der Waals surface area contributed by atoms with Crippen molar-refractivity contribution >= 4 is 17.5 Å². The first-order valence-electron chi connectivity index (χ1n) is 8.36. The smallest absolute Gasteiger partial charge is 0.356 e. The van der Waals surface area contributed by atoms with Gasteiger partial charge in [-0.2, -0.15) is 18.2 Å². The maximum Gasteiger partial charge on any atom is 0.416 e. The van der Waals surface area contributed by atoms with E-state index in [1.54, 1.807) is 6.07 Å². The number of anilines is 3. The van der Waals surface area contributed by atoms with Crippen LogP contribution in [0.2, 0.25) is 0 Å². The summed E-state index contributed by atoms with van der Waals surface area (Å²) in [6.45, 7) is 5.96. The molecule has 1 N–H and O–H groups in total. The number of nitrogens with one attached hydrogen (secondary N) is 1. The molecule has 0 bridgehead atoms. The van der Waals surface area contributed by atoms with Crippen molar-refractivity contribution in [1.82, 2.24) is 9.97 Å². The van der Waals surface area contributed by atoms with Gasteiger partial charge in [0.25, 0.3) is 0 Å². The third-order valence-electron chi connectivity index (χ3n) is 4.39. The number of rotatable bonds is 3. The lowest BCUT2D eigenvalue weighted by atomic mass is 9.99. The Morgan fingerprint density at radius 1 is 1.12 bits per heavy atom. The summed E-state index contributed by atoms with van der Waals surface area (Å²) in [6.07, 6.45) is -2.15. The summed E-state index contributed by atoms with van der Waals surface area (Å²) in [7, 11) is 0. The molecule has 7 heteroatoms. The first kappa shape index (κ1) is 17.5. The van der Waals surface area contributed by atoms with E-state index in [9.17, 15) is 13.2 Å². The van der Waals surface area contributed by atoms with Crippen LogP contribution in [0.4, 0.5) is 30.6 Å². The molecule has 1 aliphatic rings. The number of hydrogen-bond acceptors (Lipinski definition) is 4. The minimum absolute atomic E-state index is 0.313. The van der Waals surface area contributed by atoms with Crippen molar-refractivity contribution in [3.63, 3.8) is 0 Å². The van der Waals surface area contributed by atoms with E-state index < -0.39 is 11.7 Å². The van der Waals surface area contributed by atoms with E-state index in [2.05, 4.69) is 27.1 Å². The first-order valence-corrected chi connectivity index (χ1v) is 8.36. The molecule has 3 rings (SSSR count). The molecule has 0 unspecified atom stereocenters. The van der Waals surface area contributed by atoms with Gasteiger partial charge in [-0.15, -0.1) is 0 Å². The SMILES string of the molecule is Cc1cc(N2CCC(C)CC2)nc(Nc2cccc(C(F)(F)F)c2)n1. The number of aryl methyl sites for hydroxylation is 1. The van der Waals surface area contributed by atoms with E-state index in [0.717, 1.165) is 49.6 Å². The van der Waals surface area contributed by atoms with Crippen LogP contribution in [0.25, 0.3) is 0 Å². The largest absolute Gasteiger partial charge is 0.416 e. The van der Waals surface area contributed by atoms with Crippen molar-refractivity contribution in [2.45, 2.75) is 32.9 Å². The monoisotopic (exact) mass is 350 g/mol. The number of alkyl halides is 3. The molecule has 25 heavy (non-hydrogen) atoms. The average Bonchev–Trinajstić information content (AvgIpc) is 2.54. The second-order valence-electron chi connectivity index (χ2n) is 6.56. The highest BCUT2D eigenvalue weighted by molar-refractivity contribution is 5.57. The van der Waals surface area contributed by atoms with Gasteiger partial charge in [-0.25, -0.2) is 4.98 Å². The molecule has 1 fully saturated rings. The van der Waals surface area contributed by atoms with Crippen LogP contribution in [0.5, 0.6) is 0 Å². The fourth-order valence-electron chi connectivity index (χ4n) is 2.91. The fraction of sp³-hybridized carbons (Fsp3) is 0.444. The number of nitrogens with zero attached hydrogens (tertiary/aromatic N) is 3. The van der Waals surface area contributed by atoms with Crippen LogP contribution >= 0.6 is 0 Å². The van der Waals surface area contributed by atoms with Crippen LogP contribution < -0.4 is 10.2 Å². The average molecular weight is 350 g/mol. The molecule has 0 spiro atoms. The zero-order chi connectivity index (χ0) is 18.0. The van der Waals surface area contributed by atoms with Gasteiger partial charge in [-0.1, -0.05) is 13.0 Å². The van der Waals surface area contributed by atoms with Gasteiger partial charge in [0.2, 0.25) is 5.95 Å². The van der Waals surface area contributed by atoms with Crippen LogP contribution in [-0.4, -0.2) is 23.1 Å². The molecular formula is C18H21F3N4. The summed E-state index contributed by atoms with van der Waals surface area (Å²) in [6, 6.07) is 6.96. The number of aromatic nitrogens is 2. The van der Waals surface area contributed by atoms with E-state index >= 15 is 0 Å². The van der Waals surface area contributed by atoms with Gasteiger partial charge >= 0.3 is 6.18 Å². The Kier molecular flexibility index (Phi) is 4.83. The molecular weight excluding hydrogens is 329 g/mol. The molecule has 2 aromatic rings. The van der Waals surface area contributed by atoms with Crippen LogP contribution in [0.15, 0.2) is 30.3 Å². The lowest BCUT2D eigenvalue weighted by Crippen LogP contribution is -2.33. The second kappa shape index (κ2) is 6.90. The fourth-order valence-corrected chi connectivity index (χ4v) is 2.91. The zero-order valence-corrected chi connectivity index (χ0v) is 14.3. The molecule has 0 atom stereocenters. The summed E-state index contributed by atoms with van der Waals surface area (Å²) >= 11 is 0. The highest BCUT2D eigenvalue weighted by atomic mass is 19.4. The topological polar surface area (TPSA) is 41.1 Å². The molecule has 0 saturated carbocycles. The Morgan fingerprint density at radius 2 is 1.84 bits per heavy atom. The number of piperidine rings is 1. The van der Waals surface area contributed by atoms with Crippen LogP contribution in [0, 0.1) is 12.8 Å². The van der Waals surface area contributed by atoms with Gasteiger partial charge in [0.15, 0.2) is 0 Å². The van der Waals surface area contributed by atoms with Crippen LogP contribution in [-0.2, 0) is 6.18 Å². The molecule has 0 amide bonds. The number of hydrogen-bond donors (Lipinski definition) is 1. The van der Waals surface area contributed by atoms with E-state index in [4.69, 9.17) is 0 Å². The molecule has 4 nitrogen and oxygen atoms in total. The second-order valence-corrected chi connectivity index (χ2v) is 6.56. The Hall–Kier alpha value is -2.31. The molecule has 0 radical (unpaired) electrons. The third-order valence-corrected chi connectivity index (χ3v) is 4.39. The van der Waals surface area contributed by atoms with Crippen molar-refractivity contribution in [2.75, 3.05) is 23.3 Å². The van der Waals surface area contributed by atoms with E-state index in [0.29, 0.717) is 17.6 Å². The maximum atomic E-state index is 12.8. The van der Waals surface area contributed by atoms with Gasteiger partial charge in [0.1, 0.15) is 5.82 Å². The van der Waals surface area contributed by atoms with E-state index in [1.165, 1.54) is 6.07 Å². The predicted molar refractivity (Wildman–Crippen MR) is 92.1 cm³/mol. The molecule has 1 aromatic heterocycles. The molecule has 1 saturated heterocycles.